The summed E-state index contributed by atoms with van der Waals surface area (Å²) in [6.45, 7) is 0.904. The fourth-order valence-corrected chi connectivity index (χ4v) is 2.21. The van der Waals surface area contributed by atoms with Crippen LogP contribution >= 0.6 is 0 Å². The fourth-order valence-electron chi connectivity index (χ4n) is 2.21. The van der Waals surface area contributed by atoms with Gasteiger partial charge in [-0.15, -0.1) is 0 Å². The molecule has 0 aromatic carbocycles. The van der Waals surface area contributed by atoms with E-state index in [9.17, 15) is 5.11 Å². The predicted octanol–water partition coefficient (Wildman–Crippen LogP) is 1.92. The Kier molecular flexibility index (Phi) is 3.94. The van der Waals surface area contributed by atoms with Crippen molar-refractivity contribution in [3.05, 3.63) is 24.0 Å². The number of rotatable bonds is 3. The molecular formula is C13H17N3O. The fraction of sp³-hybridized carbons (Fsp3) is 0.538. The second kappa shape index (κ2) is 5.65. The number of nitriles is 1. The zero-order chi connectivity index (χ0) is 12.1. The molecule has 0 atom stereocenters. The number of aliphatic hydroxyl groups excluding tert-OH is 1. The molecule has 4 nitrogen and oxygen atoms in total. The Bertz CT molecular complexity index is 405. The summed E-state index contributed by atoms with van der Waals surface area (Å²) >= 11 is 0. The monoisotopic (exact) mass is 231 g/mol. The van der Waals surface area contributed by atoms with E-state index in [0.29, 0.717) is 11.6 Å². The summed E-state index contributed by atoms with van der Waals surface area (Å²) < 4.78 is 0. The number of aliphatic hydroxyl groups is 1. The van der Waals surface area contributed by atoms with Crippen LogP contribution in [0.3, 0.4) is 0 Å². The standard InChI is InChI=1S/C13H17N3O/c14-8-12-7-11(5-6-15-12)16-9-10-1-3-13(17)4-2-10/h5-7,10,13,17H,1-4,9H2,(H,15,16). The van der Waals surface area contributed by atoms with Gasteiger partial charge in [0.05, 0.1) is 6.10 Å². The van der Waals surface area contributed by atoms with Gasteiger partial charge in [0.25, 0.3) is 0 Å². The number of nitrogens with one attached hydrogen (secondary N) is 1. The van der Waals surface area contributed by atoms with Gasteiger partial charge in [0, 0.05) is 18.4 Å². The van der Waals surface area contributed by atoms with Crippen molar-refractivity contribution in [3.63, 3.8) is 0 Å². The summed E-state index contributed by atoms with van der Waals surface area (Å²) in [6.07, 6.45) is 5.51. The molecule has 1 heterocycles. The maximum atomic E-state index is 9.42. The van der Waals surface area contributed by atoms with Crippen molar-refractivity contribution in [1.82, 2.24) is 4.98 Å². The van der Waals surface area contributed by atoms with Crippen molar-refractivity contribution in [2.75, 3.05) is 11.9 Å². The lowest BCUT2D eigenvalue weighted by molar-refractivity contribution is 0.111. The Morgan fingerprint density at radius 1 is 1.41 bits per heavy atom. The third kappa shape index (κ3) is 3.43. The lowest BCUT2D eigenvalue weighted by atomic mass is 9.87. The van der Waals surface area contributed by atoms with Gasteiger partial charge in [0.2, 0.25) is 0 Å². The maximum Gasteiger partial charge on any atom is 0.142 e. The Balaban J connectivity index is 1.83. The summed E-state index contributed by atoms with van der Waals surface area (Å²) in [4.78, 5) is 3.93. The third-order valence-electron chi connectivity index (χ3n) is 3.29. The number of nitrogens with zero attached hydrogens (tertiary/aromatic N) is 2. The van der Waals surface area contributed by atoms with E-state index in [1.54, 1.807) is 12.3 Å². The van der Waals surface area contributed by atoms with Crippen molar-refractivity contribution in [3.8, 4) is 6.07 Å². The topological polar surface area (TPSA) is 68.9 Å². The van der Waals surface area contributed by atoms with Crippen LogP contribution in [0.4, 0.5) is 5.69 Å². The number of hydrogen-bond donors (Lipinski definition) is 2. The van der Waals surface area contributed by atoms with Gasteiger partial charge in [-0.1, -0.05) is 0 Å². The molecular weight excluding hydrogens is 214 g/mol. The highest BCUT2D eigenvalue weighted by molar-refractivity contribution is 5.45. The number of pyridine rings is 1. The highest BCUT2D eigenvalue weighted by atomic mass is 16.3. The molecule has 0 saturated heterocycles. The van der Waals surface area contributed by atoms with E-state index in [2.05, 4.69) is 10.3 Å². The molecule has 90 valence electrons. The first kappa shape index (κ1) is 11.9. The van der Waals surface area contributed by atoms with Crippen LogP contribution in [0.2, 0.25) is 0 Å². The third-order valence-corrected chi connectivity index (χ3v) is 3.29. The van der Waals surface area contributed by atoms with E-state index in [0.717, 1.165) is 37.9 Å². The van der Waals surface area contributed by atoms with E-state index >= 15 is 0 Å². The molecule has 1 aliphatic carbocycles. The summed E-state index contributed by atoms with van der Waals surface area (Å²) in [6, 6.07) is 5.66. The molecule has 1 saturated carbocycles. The molecule has 0 amide bonds. The summed E-state index contributed by atoms with van der Waals surface area (Å²) in [7, 11) is 0. The Hall–Kier alpha value is -1.60. The van der Waals surface area contributed by atoms with Gasteiger partial charge < -0.3 is 10.4 Å². The van der Waals surface area contributed by atoms with Crippen LogP contribution in [0.5, 0.6) is 0 Å². The SMILES string of the molecule is N#Cc1cc(NCC2CCC(O)CC2)ccn1. The molecule has 2 rings (SSSR count). The summed E-state index contributed by atoms with van der Waals surface area (Å²) in [5.41, 5.74) is 1.39. The van der Waals surface area contributed by atoms with Crippen LogP contribution < -0.4 is 5.32 Å². The van der Waals surface area contributed by atoms with Gasteiger partial charge in [-0.2, -0.15) is 5.26 Å². The Morgan fingerprint density at radius 3 is 2.88 bits per heavy atom. The van der Waals surface area contributed by atoms with Gasteiger partial charge in [-0.25, -0.2) is 4.98 Å². The molecule has 1 aromatic rings. The van der Waals surface area contributed by atoms with Gasteiger partial charge in [-0.05, 0) is 43.7 Å². The molecule has 0 bridgehead atoms. The minimum absolute atomic E-state index is 0.0997. The van der Waals surface area contributed by atoms with E-state index in [1.807, 2.05) is 12.1 Å². The smallest absolute Gasteiger partial charge is 0.142 e. The van der Waals surface area contributed by atoms with Crippen LogP contribution in [0.1, 0.15) is 31.4 Å². The molecule has 4 heteroatoms. The Morgan fingerprint density at radius 2 is 2.18 bits per heavy atom. The molecule has 0 radical (unpaired) electrons. The number of aromatic nitrogens is 1. The lowest BCUT2D eigenvalue weighted by Gasteiger charge is -2.25. The van der Waals surface area contributed by atoms with Crippen LogP contribution in [0.15, 0.2) is 18.3 Å². The first-order chi connectivity index (χ1) is 8.28. The van der Waals surface area contributed by atoms with Gasteiger partial charge >= 0.3 is 0 Å². The molecule has 1 aliphatic rings. The molecule has 0 aliphatic heterocycles. The molecule has 0 spiro atoms. The predicted molar refractivity (Wildman–Crippen MR) is 65.4 cm³/mol. The first-order valence-corrected chi connectivity index (χ1v) is 6.06. The number of anilines is 1. The minimum atomic E-state index is -0.0997. The Labute approximate surface area is 101 Å². The summed E-state index contributed by atoms with van der Waals surface area (Å²) in [5, 5.41) is 21.5. The van der Waals surface area contributed by atoms with Gasteiger partial charge in [-0.3, -0.25) is 0 Å². The van der Waals surface area contributed by atoms with Crippen molar-refractivity contribution in [2.45, 2.75) is 31.8 Å². The minimum Gasteiger partial charge on any atom is -0.393 e. The lowest BCUT2D eigenvalue weighted by Crippen LogP contribution is -2.23. The molecule has 1 aromatic heterocycles. The van der Waals surface area contributed by atoms with Crippen molar-refractivity contribution in [2.24, 2.45) is 5.92 Å². The van der Waals surface area contributed by atoms with E-state index in [4.69, 9.17) is 5.26 Å². The van der Waals surface area contributed by atoms with Crippen molar-refractivity contribution < 1.29 is 5.11 Å². The van der Waals surface area contributed by atoms with Crippen LogP contribution in [-0.2, 0) is 0 Å². The average Bonchev–Trinajstić information content (AvgIpc) is 2.38. The normalized spacial score (nSPS) is 24.0. The second-order valence-electron chi connectivity index (χ2n) is 4.60. The highest BCUT2D eigenvalue weighted by Crippen LogP contribution is 2.24. The van der Waals surface area contributed by atoms with Gasteiger partial charge in [0.1, 0.15) is 11.8 Å². The molecule has 2 N–H and O–H groups in total. The molecule has 1 fully saturated rings. The maximum absolute atomic E-state index is 9.42. The molecule has 0 unspecified atom stereocenters. The first-order valence-electron chi connectivity index (χ1n) is 6.06. The molecule has 17 heavy (non-hydrogen) atoms. The number of hydrogen-bond acceptors (Lipinski definition) is 4. The van der Waals surface area contributed by atoms with E-state index < -0.39 is 0 Å². The largest absolute Gasteiger partial charge is 0.393 e. The second-order valence-corrected chi connectivity index (χ2v) is 4.60. The van der Waals surface area contributed by atoms with E-state index in [-0.39, 0.29) is 6.10 Å². The van der Waals surface area contributed by atoms with E-state index in [1.165, 1.54) is 0 Å². The highest BCUT2D eigenvalue weighted by Gasteiger charge is 2.18. The average molecular weight is 231 g/mol. The van der Waals surface area contributed by atoms with Crippen molar-refractivity contribution >= 4 is 5.69 Å². The zero-order valence-electron chi connectivity index (χ0n) is 9.76. The van der Waals surface area contributed by atoms with Gasteiger partial charge in [0.15, 0.2) is 0 Å². The summed E-state index contributed by atoms with van der Waals surface area (Å²) in [5.74, 6) is 0.622. The van der Waals surface area contributed by atoms with Crippen LogP contribution in [-0.4, -0.2) is 22.7 Å². The van der Waals surface area contributed by atoms with Crippen LogP contribution in [0, 0.1) is 17.2 Å². The van der Waals surface area contributed by atoms with Crippen molar-refractivity contribution in [1.29, 1.82) is 5.26 Å². The van der Waals surface area contributed by atoms with Crippen LogP contribution in [0.25, 0.3) is 0 Å². The quantitative estimate of drug-likeness (QED) is 0.833. The zero-order valence-corrected chi connectivity index (χ0v) is 9.76.